The highest BCUT2D eigenvalue weighted by molar-refractivity contribution is 5.89. The third kappa shape index (κ3) is 2.82. The maximum Gasteiger partial charge on any atom is 0.168 e. The van der Waals surface area contributed by atoms with E-state index in [0.717, 1.165) is 22.3 Å². The van der Waals surface area contributed by atoms with Crippen LogP contribution in [0.25, 0.3) is 16.7 Å². The lowest BCUT2D eigenvalue weighted by Crippen LogP contribution is -2.01. The standard InChI is InChI=1S/C19H16FN5/c1-12-3-8-17(13(2)9-12)25-19-16(10-23-25)18(21-11-22-19)24-15-6-4-14(20)5-7-15/h3-11H,1-2H3,(H,21,22,24). The molecule has 0 bridgehead atoms. The van der Waals surface area contributed by atoms with Crippen LogP contribution in [0.15, 0.2) is 55.0 Å². The van der Waals surface area contributed by atoms with Gasteiger partial charge in [-0.1, -0.05) is 17.7 Å². The molecule has 25 heavy (non-hydrogen) atoms. The van der Waals surface area contributed by atoms with Gasteiger partial charge in [-0.15, -0.1) is 0 Å². The van der Waals surface area contributed by atoms with Crippen molar-refractivity contribution in [3.05, 3.63) is 71.9 Å². The summed E-state index contributed by atoms with van der Waals surface area (Å²) in [5, 5.41) is 8.48. The molecule has 2 aromatic heterocycles. The molecular formula is C19H16FN5. The smallest absolute Gasteiger partial charge is 0.168 e. The molecule has 0 amide bonds. The molecule has 0 saturated heterocycles. The third-order valence-corrected chi connectivity index (χ3v) is 4.05. The fourth-order valence-corrected chi connectivity index (χ4v) is 2.83. The summed E-state index contributed by atoms with van der Waals surface area (Å²) in [5.74, 6) is 0.355. The van der Waals surface area contributed by atoms with Crippen LogP contribution >= 0.6 is 0 Å². The Bertz CT molecular complexity index is 1050. The van der Waals surface area contributed by atoms with E-state index in [2.05, 4.69) is 46.4 Å². The highest BCUT2D eigenvalue weighted by atomic mass is 19.1. The van der Waals surface area contributed by atoms with E-state index in [1.807, 2.05) is 10.7 Å². The lowest BCUT2D eigenvalue weighted by Gasteiger charge is -2.09. The molecule has 1 N–H and O–H groups in total. The number of aromatic nitrogens is 4. The number of aryl methyl sites for hydroxylation is 2. The van der Waals surface area contributed by atoms with Crippen molar-refractivity contribution >= 4 is 22.5 Å². The molecule has 4 aromatic rings. The van der Waals surface area contributed by atoms with Crippen molar-refractivity contribution in [2.75, 3.05) is 5.32 Å². The molecule has 0 saturated carbocycles. The molecule has 2 aromatic carbocycles. The number of rotatable bonds is 3. The van der Waals surface area contributed by atoms with Crippen LogP contribution in [0.1, 0.15) is 11.1 Å². The van der Waals surface area contributed by atoms with Crippen LogP contribution in [0.3, 0.4) is 0 Å². The molecule has 6 heteroatoms. The van der Waals surface area contributed by atoms with Crippen LogP contribution in [0.5, 0.6) is 0 Å². The quantitative estimate of drug-likeness (QED) is 0.607. The molecule has 5 nitrogen and oxygen atoms in total. The Morgan fingerprint density at radius 3 is 2.56 bits per heavy atom. The maximum absolute atomic E-state index is 13.1. The number of anilines is 2. The van der Waals surface area contributed by atoms with Gasteiger partial charge in [0.2, 0.25) is 0 Å². The summed E-state index contributed by atoms with van der Waals surface area (Å²) in [6.45, 7) is 4.11. The molecule has 0 aliphatic rings. The molecule has 0 aliphatic heterocycles. The van der Waals surface area contributed by atoms with Crippen molar-refractivity contribution < 1.29 is 4.39 Å². The first-order chi connectivity index (χ1) is 12.1. The molecule has 0 spiro atoms. The monoisotopic (exact) mass is 333 g/mol. The van der Waals surface area contributed by atoms with Crippen LogP contribution in [0, 0.1) is 19.7 Å². The highest BCUT2D eigenvalue weighted by Crippen LogP contribution is 2.25. The average Bonchev–Trinajstić information content (AvgIpc) is 3.02. The molecule has 0 fully saturated rings. The first kappa shape index (κ1) is 15.3. The average molecular weight is 333 g/mol. The van der Waals surface area contributed by atoms with Gasteiger partial charge in [-0.25, -0.2) is 19.0 Å². The molecular weight excluding hydrogens is 317 g/mol. The minimum absolute atomic E-state index is 0.277. The van der Waals surface area contributed by atoms with Crippen molar-refractivity contribution in [2.45, 2.75) is 13.8 Å². The van der Waals surface area contributed by atoms with Gasteiger partial charge in [0, 0.05) is 5.69 Å². The van der Waals surface area contributed by atoms with Crippen LogP contribution < -0.4 is 5.32 Å². The van der Waals surface area contributed by atoms with E-state index >= 15 is 0 Å². The van der Waals surface area contributed by atoms with E-state index in [-0.39, 0.29) is 5.82 Å². The Balaban J connectivity index is 1.79. The van der Waals surface area contributed by atoms with E-state index in [1.54, 1.807) is 18.3 Å². The van der Waals surface area contributed by atoms with E-state index < -0.39 is 0 Å². The predicted octanol–water partition coefficient (Wildman–Crippen LogP) is 4.32. The number of fused-ring (bicyclic) bond motifs is 1. The highest BCUT2D eigenvalue weighted by Gasteiger charge is 2.12. The van der Waals surface area contributed by atoms with Gasteiger partial charge in [0.05, 0.1) is 17.3 Å². The van der Waals surface area contributed by atoms with E-state index in [1.165, 1.54) is 24.0 Å². The fourth-order valence-electron chi connectivity index (χ4n) is 2.83. The molecule has 0 radical (unpaired) electrons. The minimum atomic E-state index is -0.277. The van der Waals surface area contributed by atoms with E-state index in [4.69, 9.17) is 0 Å². The van der Waals surface area contributed by atoms with Gasteiger partial charge >= 0.3 is 0 Å². The topological polar surface area (TPSA) is 55.6 Å². The SMILES string of the molecule is Cc1ccc(-n2ncc3c(Nc4ccc(F)cc4)ncnc32)c(C)c1. The molecule has 124 valence electrons. The number of halogens is 1. The van der Waals surface area contributed by atoms with Gasteiger partial charge in [-0.3, -0.25) is 0 Å². The molecule has 0 atom stereocenters. The normalized spacial score (nSPS) is 11.0. The summed E-state index contributed by atoms with van der Waals surface area (Å²) in [6.07, 6.45) is 3.23. The first-order valence-electron chi connectivity index (χ1n) is 7.91. The van der Waals surface area contributed by atoms with Crippen molar-refractivity contribution in [2.24, 2.45) is 0 Å². The Hall–Kier alpha value is -3.28. The van der Waals surface area contributed by atoms with Crippen molar-refractivity contribution in [1.82, 2.24) is 19.7 Å². The number of hydrogen-bond donors (Lipinski definition) is 1. The first-order valence-corrected chi connectivity index (χ1v) is 7.91. The van der Waals surface area contributed by atoms with Gasteiger partial charge in [0.15, 0.2) is 5.65 Å². The van der Waals surface area contributed by atoms with Gasteiger partial charge in [0.1, 0.15) is 18.0 Å². The number of nitrogens with zero attached hydrogens (tertiary/aromatic N) is 4. The van der Waals surface area contributed by atoms with Crippen molar-refractivity contribution in [1.29, 1.82) is 0 Å². The van der Waals surface area contributed by atoms with Crippen molar-refractivity contribution in [3.63, 3.8) is 0 Å². The molecule has 0 unspecified atom stereocenters. The fraction of sp³-hybridized carbons (Fsp3) is 0.105. The lowest BCUT2D eigenvalue weighted by atomic mass is 10.1. The van der Waals surface area contributed by atoms with Crippen molar-refractivity contribution in [3.8, 4) is 5.69 Å². The van der Waals surface area contributed by atoms with Gasteiger partial charge in [-0.2, -0.15) is 5.10 Å². The van der Waals surface area contributed by atoms with E-state index in [9.17, 15) is 4.39 Å². The Labute approximate surface area is 144 Å². The van der Waals surface area contributed by atoms with Gasteiger partial charge in [0.25, 0.3) is 0 Å². The largest absolute Gasteiger partial charge is 0.340 e. The molecule has 0 aliphatic carbocycles. The summed E-state index contributed by atoms with van der Waals surface area (Å²) in [7, 11) is 0. The van der Waals surface area contributed by atoms with E-state index in [0.29, 0.717) is 11.5 Å². The van der Waals surface area contributed by atoms with Gasteiger partial charge < -0.3 is 5.32 Å². The second-order valence-electron chi connectivity index (χ2n) is 5.94. The Kier molecular flexibility index (Phi) is 3.65. The third-order valence-electron chi connectivity index (χ3n) is 4.05. The zero-order valence-corrected chi connectivity index (χ0v) is 13.9. The number of nitrogens with one attached hydrogen (secondary N) is 1. The summed E-state index contributed by atoms with van der Waals surface area (Å²) in [6, 6.07) is 12.3. The second kappa shape index (κ2) is 5.98. The maximum atomic E-state index is 13.1. The zero-order valence-electron chi connectivity index (χ0n) is 13.9. The second-order valence-corrected chi connectivity index (χ2v) is 5.94. The van der Waals surface area contributed by atoms with Crippen LogP contribution in [-0.2, 0) is 0 Å². The zero-order chi connectivity index (χ0) is 17.4. The Morgan fingerprint density at radius 1 is 1.00 bits per heavy atom. The Morgan fingerprint density at radius 2 is 1.80 bits per heavy atom. The minimum Gasteiger partial charge on any atom is -0.340 e. The number of benzene rings is 2. The van der Waals surface area contributed by atoms with Gasteiger partial charge in [-0.05, 0) is 49.7 Å². The van der Waals surface area contributed by atoms with Crippen LogP contribution in [-0.4, -0.2) is 19.7 Å². The van der Waals surface area contributed by atoms with Crippen LogP contribution in [0.4, 0.5) is 15.9 Å². The number of hydrogen-bond acceptors (Lipinski definition) is 4. The summed E-state index contributed by atoms with van der Waals surface area (Å²) < 4.78 is 14.9. The van der Waals surface area contributed by atoms with Crippen LogP contribution in [0.2, 0.25) is 0 Å². The molecule has 2 heterocycles. The summed E-state index contributed by atoms with van der Waals surface area (Å²) >= 11 is 0. The summed E-state index contributed by atoms with van der Waals surface area (Å²) in [4.78, 5) is 8.69. The summed E-state index contributed by atoms with van der Waals surface area (Å²) in [5.41, 5.74) is 4.77. The molecule has 4 rings (SSSR count). The predicted molar refractivity (Wildman–Crippen MR) is 95.8 cm³/mol. The lowest BCUT2D eigenvalue weighted by molar-refractivity contribution is 0.628.